The normalized spacial score (nSPS) is 24.3. The lowest BCUT2D eigenvalue weighted by Gasteiger charge is -2.25. The number of benzene rings is 1. The molecule has 1 aliphatic carbocycles. The Kier molecular flexibility index (Phi) is 4.76. The molecule has 18 heavy (non-hydrogen) atoms. The molecule has 0 unspecified atom stereocenters. The van der Waals surface area contributed by atoms with Crippen LogP contribution in [0.4, 0.5) is 0 Å². The van der Waals surface area contributed by atoms with Crippen LogP contribution in [-0.2, 0) is 0 Å². The zero-order chi connectivity index (χ0) is 12.8. The van der Waals surface area contributed by atoms with Crippen LogP contribution in [0.1, 0.15) is 31.2 Å². The fourth-order valence-corrected chi connectivity index (χ4v) is 2.42. The van der Waals surface area contributed by atoms with Gasteiger partial charge in [0.05, 0.1) is 13.2 Å². The van der Waals surface area contributed by atoms with Gasteiger partial charge < -0.3 is 9.84 Å². The molecule has 3 heteroatoms. The predicted molar refractivity (Wildman–Crippen MR) is 73.4 cm³/mol. The first kappa shape index (κ1) is 13.1. The van der Waals surface area contributed by atoms with Crippen molar-refractivity contribution in [3.8, 4) is 5.75 Å². The Hall–Kier alpha value is -1.35. The predicted octanol–water partition coefficient (Wildman–Crippen LogP) is 2.67. The molecular weight excluding hydrogens is 226 g/mol. The molecule has 1 aromatic carbocycles. The highest BCUT2D eigenvalue weighted by atomic mass is 16.5. The molecule has 3 nitrogen and oxygen atoms in total. The van der Waals surface area contributed by atoms with Crippen molar-refractivity contribution in [2.75, 3.05) is 13.7 Å². The monoisotopic (exact) mass is 247 g/mol. The molecular formula is C15H21NO2. The Morgan fingerprint density at radius 3 is 3.00 bits per heavy atom. The maximum Gasteiger partial charge on any atom is 0.119 e. The minimum absolute atomic E-state index is 0.166. The van der Waals surface area contributed by atoms with Crippen molar-refractivity contribution in [1.29, 1.82) is 0 Å². The summed E-state index contributed by atoms with van der Waals surface area (Å²) < 4.78 is 5.17. The molecule has 2 rings (SSSR count). The number of nitrogens with zero attached hydrogens (tertiary/aromatic N) is 1. The first-order valence-electron chi connectivity index (χ1n) is 6.61. The number of hydrogen-bond acceptors (Lipinski definition) is 3. The zero-order valence-corrected chi connectivity index (χ0v) is 10.9. The van der Waals surface area contributed by atoms with Crippen LogP contribution in [0.5, 0.6) is 5.75 Å². The maximum atomic E-state index is 9.85. The molecule has 0 heterocycles. The standard InChI is InChI=1S/C15H21NO2/c1-18-14-7-4-5-12(9-14)10-16-11-13-6-2-3-8-15(13)17/h4-5,7,9-10,13,15,17H,2-3,6,8,11H2,1H3/t13-,15+/m1/s1. The summed E-state index contributed by atoms with van der Waals surface area (Å²) in [5, 5.41) is 9.85. The third-order valence-corrected chi connectivity index (χ3v) is 3.54. The number of aliphatic imine (C=N–C) groups is 1. The molecule has 1 N–H and O–H groups in total. The summed E-state index contributed by atoms with van der Waals surface area (Å²) >= 11 is 0. The van der Waals surface area contributed by atoms with Gasteiger partial charge in [-0.2, -0.15) is 0 Å². The molecule has 0 spiro atoms. The van der Waals surface area contributed by atoms with Crippen molar-refractivity contribution >= 4 is 6.21 Å². The summed E-state index contributed by atoms with van der Waals surface area (Å²) in [4.78, 5) is 4.45. The van der Waals surface area contributed by atoms with Gasteiger partial charge in [0, 0.05) is 18.7 Å². The SMILES string of the molecule is COc1cccc(C=NC[C@H]2CCCC[C@@H]2O)c1. The first-order chi connectivity index (χ1) is 8.79. The second-order valence-corrected chi connectivity index (χ2v) is 4.88. The maximum absolute atomic E-state index is 9.85. The van der Waals surface area contributed by atoms with Gasteiger partial charge in [0.1, 0.15) is 5.75 Å². The topological polar surface area (TPSA) is 41.8 Å². The summed E-state index contributed by atoms with van der Waals surface area (Å²) in [5.41, 5.74) is 1.04. The van der Waals surface area contributed by atoms with Crippen molar-refractivity contribution in [2.24, 2.45) is 10.9 Å². The molecule has 0 aliphatic heterocycles. The third-order valence-electron chi connectivity index (χ3n) is 3.54. The van der Waals surface area contributed by atoms with E-state index in [-0.39, 0.29) is 6.10 Å². The Morgan fingerprint density at radius 1 is 1.39 bits per heavy atom. The van der Waals surface area contributed by atoms with E-state index < -0.39 is 0 Å². The van der Waals surface area contributed by atoms with E-state index in [1.165, 1.54) is 6.42 Å². The summed E-state index contributed by atoms with van der Waals surface area (Å²) in [6.07, 6.45) is 6.09. The van der Waals surface area contributed by atoms with Crippen LogP contribution >= 0.6 is 0 Å². The van der Waals surface area contributed by atoms with Crippen molar-refractivity contribution in [2.45, 2.75) is 31.8 Å². The third kappa shape index (κ3) is 3.57. The van der Waals surface area contributed by atoms with Crippen LogP contribution in [0.2, 0.25) is 0 Å². The second kappa shape index (κ2) is 6.55. The highest BCUT2D eigenvalue weighted by molar-refractivity contribution is 5.80. The van der Waals surface area contributed by atoms with E-state index in [4.69, 9.17) is 4.74 Å². The Labute approximate surface area is 109 Å². The quantitative estimate of drug-likeness (QED) is 0.831. The molecule has 0 radical (unpaired) electrons. The molecule has 2 atom stereocenters. The van der Waals surface area contributed by atoms with E-state index in [0.29, 0.717) is 5.92 Å². The summed E-state index contributed by atoms with van der Waals surface area (Å²) in [6.45, 7) is 0.721. The van der Waals surface area contributed by atoms with Gasteiger partial charge in [-0.3, -0.25) is 4.99 Å². The van der Waals surface area contributed by atoms with Crippen molar-refractivity contribution in [1.82, 2.24) is 0 Å². The van der Waals surface area contributed by atoms with Gasteiger partial charge in [0.15, 0.2) is 0 Å². The number of aliphatic hydroxyl groups is 1. The van der Waals surface area contributed by atoms with Crippen LogP contribution in [0.15, 0.2) is 29.3 Å². The molecule has 98 valence electrons. The fraction of sp³-hybridized carbons (Fsp3) is 0.533. The van der Waals surface area contributed by atoms with E-state index in [2.05, 4.69) is 4.99 Å². The largest absolute Gasteiger partial charge is 0.497 e. The first-order valence-corrected chi connectivity index (χ1v) is 6.61. The van der Waals surface area contributed by atoms with Gasteiger partial charge >= 0.3 is 0 Å². The van der Waals surface area contributed by atoms with Crippen LogP contribution in [0, 0.1) is 5.92 Å². The molecule has 1 aromatic rings. The van der Waals surface area contributed by atoms with E-state index in [0.717, 1.165) is 37.1 Å². The van der Waals surface area contributed by atoms with Crippen LogP contribution in [0.3, 0.4) is 0 Å². The molecule has 1 saturated carbocycles. The number of hydrogen-bond donors (Lipinski definition) is 1. The van der Waals surface area contributed by atoms with E-state index >= 15 is 0 Å². The van der Waals surface area contributed by atoms with E-state index in [9.17, 15) is 5.11 Å². The molecule has 0 aromatic heterocycles. The fourth-order valence-electron chi connectivity index (χ4n) is 2.42. The van der Waals surface area contributed by atoms with E-state index in [1.54, 1.807) is 7.11 Å². The zero-order valence-electron chi connectivity index (χ0n) is 10.9. The van der Waals surface area contributed by atoms with Gasteiger partial charge in [-0.25, -0.2) is 0 Å². The van der Waals surface area contributed by atoms with Crippen LogP contribution in [-0.4, -0.2) is 31.1 Å². The smallest absolute Gasteiger partial charge is 0.119 e. The van der Waals surface area contributed by atoms with Gasteiger partial charge in [-0.1, -0.05) is 25.0 Å². The Balaban J connectivity index is 1.90. The Bertz CT molecular complexity index is 403. The summed E-state index contributed by atoms with van der Waals surface area (Å²) in [7, 11) is 1.66. The molecule has 0 amide bonds. The average Bonchev–Trinajstić information content (AvgIpc) is 2.41. The highest BCUT2D eigenvalue weighted by Crippen LogP contribution is 2.24. The number of rotatable bonds is 4. The van der Waals surface area contributed by atoms with Gasteiger partial charge in [-0.15, -0.1) is 0 Å². The lowest BCUT2D eigenvalue weighted by atomic mass is 9.87. The molecule has 0 bridgehead atoms. The van der Waals surface area contributed by atoms with Gasteiger partial charge in [0.25, 0.3) is 0 Å². The van der Waals surface area contributed by atoms with Crippen molar-refractivity contribution < 1.29 is 9.84 Å². The molecule has 1 aliphatic rings. The minimum atomic E-state index is -0.166. The molecule has 0 saturated heterocycles. The van der Waals surface area contributed by atoms with Crippen LogP contribution < -0.4 is 4.74 Å². The lowest BCUT2D eigenvalue weighted by Crippen LogP contribution is -2.26. The average molecular weight is 247 g/mol. The second-order valence-electron chi connectivity index (χ2n) is 4.88. The van der Waals surface area contributed by atoms with Gasteiger partial charge in [-0.05, 0) is 30.5 Å². The minimum Gasteiger partial charge on any atom is -0.497 e. The Morgan fingerprint density at radius 2 is 2.22 bits per heavy atom. The summed E-state index contributed by atoms with van der Waals surface area (Å²) in [6, 6.07) is 7.84. The number of ether oxygens (including phenoxy) is 1. The highest BCUT2D eigenvalue weighted by Gasteiger charge is 2.21. The van der Waals surface area contributed by atoms with Crippen molar-refractivity contribution in [3.05, 3.63) is 29.8 Å². The van der Waals surface area contributed by atoms with Crippen molar-refractivity contribution in [3.63, 3.8) is 0 Å². The number of methoxy groups -OCH3 is 1. The van der Waals surface area contributed by atoms with Gasteiger partial charge in [0.2, 0.25) is 0 Å². The lowest BCUT2D eigenvalue weighted by molar-refractivity contribution is 0.0746. The number of aliphatic hydroxyl groups excluding tert-OH is 1. The van der Waals surface area contributed by atoms with E-state index in [1.807, 2.05) is 30.5 Å². The molecule has 1 fully saturated rings. The van der Waals surface area contributed by atoms with Crippen LogP contribution in [0.25, 0.3) is 0 Å². The summed E-state index contributed by atoms with van der Waals surface area (Å²) in [5.74, 6) is 1.18.